The van der Waals surface area contributed by atoms with Crippen molar-refractivity contribution >= 4 is 34.4 Å². The smallest absolute Gasteiger partial charge is 0.170 e. The van der Waals surface area contributed by atoms with Crippen LogP contribution in [-0.4, -0.2) is 28.1 Å². The number of thiocarbonyl (C=S) groups is 1. The van der Waals surface area contributed by atoms with E-state index >= 15 is 0 Å². The Morgan fingerprint density at radius 1 is 1.15 bits per heavy atom. The van der Waals surface area contributed by atoms with E-state index in [1.54, 1.807) is 0 Å². The summed E-state index contributed by atoms with van der Waals surface area (Å²) in [5, 5.41) is 9.93. The maximum Gasteiger partial charge on any atom is 0.170 e. The molecule has 3 heterocycles. The van der Waals surface area contributed by atoms with Gasteiger partial charge in [0.15, 0.2) is 5.11 Å². The first kappa shape index (κ1) is 18.9. The summed E-state index contributed by atoms with van der Waals surface area (Å²) in [6, 6.07) is 12.7. The second-order valence-corrected chi connectivity index (χ2v) is 9.50. The zero-order valence-corrected chi connectivity index (χ0v) is 17.8. The zero-order valence-electron chi connectivity index (χ0n) is 16.2. The van der Waals surface area contributed by atoms with Crippen LogP contribution in [0.5, 0.6) is 0 Å². The summed E-state index contributed by atoms with van der Waals surface area (Å²) in [6.07, 6.45) is 6.39. The normalized spacial score (nSPS) is 25.2. The van der Waals surface area contributed by atoms with Crippen molar-refractivity contribution in [3.8, 4) is 0 Å². The Labute approximate surface area is 172 Å². The summed E-state index contributed by atoms with van der Waals surface area (Å²) in [5.41, 5.74) is 3.68. The molecule has 0 amide bonds. The average Bonchev–Trinajstić information content (AvgIpc) is 3.12. The second kappa shape index (κ2) is 8.29. The van der Waals surface area contributed by atoms with Crippen molar-refractivity contribution in [2.24, 2.45) is 0 Å². The standard InChI is InChI=1S/C22H29N3S2/c1-15-8-9-17(11-16(15)2)23-22(26)24-18-12-19-5-3-6-20(13-18)25(19)14-21-7-4-10-27-21/h4,7-11,18-20H,3,5-6,12-14H2,1-2H3,(H2,23,24,26)/t19-,20-/m0/s1. The molecule has 2 atom stereocenters. The van der Waals surface area contributed by atoms with Crippen LogP contribution in [0.1, 0.15) is 48.1 Å². The summed E-state index contributed by atoms with van der Waals surface area (Å²) >= 11 is 7.50. The lowest BCUT2D eigenvalue weighted by Crippen LogP contribution is -2.56. The zero-order chi connectivity index (χ0) is 18.8. The Hall–Kier alpha value is -1.43. The van der Waals surface area contributed by atoms with Crippen LogP contribution in [0.2, 0.25) is 0 Å². The third kappa shape index (κ3) is 4.53. The molecule has 27 heavy (non-hydrogen) atoms. The number of aryl methyl sites for hydroxylation is 2. The maximum atomic E-state index is 5.61. The first-order chi connectivity index (χ1) is 13.1. The molecule has 2 bridgehead atoms. The lowest BCUT2D eigenvalue weighted by molar-refractivity contribution is 0.0220. The van der Waals surface area contributed by atoms with E-state index < -0.39 is 0 Å². The van der Waals surface area contributed by atoms with E-state index in [1.807, 2.05) is 11.3 Å². The predicted molar refractivity (Wildman–Crippen MR) is 120 cm³/mol. The highest BCUT2D eigenvalue weighted by Gasteiger charge is 2.38. The van der Waals surface area contributed by atoms with E-state index in [1.165, 1.54) is 48.1 Å². The summed E-state index contributed by atoms with van der Waals surface area (Å²) in [5.74, 6) is 0. The number of nitrogens with one attached hydrogen (secondary N) is 2. The monoisotopic (exact) mass is 399 g/mol. The van der Waals surface area contributed by atoms with Crippen LogP contribution >= 0.6 is 23.6 Å². The minimum Gasteiger partial charge on any atom is -0.360 e. The molecule has 0 saturated carbocycles. The van der Waals surface area contributed by atoms with Crippen LogP contribution in [0.4, 0.5) is 5.69 Å². The Morgan fingerprint density at radius 3 is 2.59 bits per heavy atom. The van der Waals surface area contributed by atoms with Crippen LogP contribution in [0.25, 0.3) is 0 Å². The van der Waals surface area contributed by atoms with Crippen molar-refractivity contribution in [2.75, 3.05) is 5.32 Å². The molecule has 3 nitrogen and oxygen atoms in total. The summed E-state index contributed by atoms with van der Waals surface area (Å²) < 4.78 is 0. The lowest BCUT2D eigenvalue weighted by Gasteiger charge is -2.49. The molecule has 0 spiro atoms. The fourth-order valence-corrected chi connectivity index (χ4v) is 5.61. The Morgan fingerprint density at radius 2 is 1.93 bits per heavy atom. The highest BCUT2D eigenvalue weighted by Crippen LogP contribution is 2.35. The Kier molecular flexibility index (Phi) is 5.81. The molecule has 2 fully saturated rings. The van der Waals surface area contributed by atoms with Crippen LogP contribution in [0.15, 0.2) is 35.7 Å². The van der Waals surface area contributed by atoms with Gasteiger partial charge in [0.2, 0.25) is 0 Å². The van der Waals surface area contributed by atoms with Gasteiger partial charge in [0.1, 0.15) is 0 Å². The molecule has 144 valence electrons. The van der Waals surface area contributed by atoms with Gasteiger partial charge in [0, 0.05) is 35.2 Å². The number of piperidine rings is 2. The average molecular weight is 400 g/mol. The van der Waals surface area contributed by atoms with Gasteiger partial charge in [-0.05, 0) is 86.5 Å². The minimum absolute atomic E-state index is 0.478. The van der Waals surface area contributed by atoms with Crippen molar-refractivity contribution in [2.45, 2.75) is 70.6 Å². The van der Waals surface area contributed by atoms with Gasteiger partial charge in [0.25, 0.3) is 0 Å². The Bertz CT molecular complexity index is 773. The van der Waals surface area contributed by atoms with E-state index in [0.29, 0.717) is 18.1 Å². The molecule has 1 aromatic heterocycles. The van der Waals surface area contributed by atoms with Gasteiger partial charge in [-0.3, -0.25) is 4.90 Å². The fraction of sp³-hybridized carbons (Fsp3) is 0.500. The van der Waals surface area contributed by atoms with Crippen LogP contribution in [-0.2, 0) is 6.54 Å². The van der Waals surface area contributed by atoms with Crippen LogP contribution in [0.3, 0.4) is 0 Å². The first-order valence-corrected chi connectivity index (χ1v) is 11.3. The van der Waals surface area contributed by atoms with Crippen molar-refractivity contribution in [3.05, 3.63) is 51.7 Å². The molecule has 0 unspecified atom stereocenters. The SMILES string of the molecule is Cc1ccc(NC(=S)NC2C[C@@H]3CCC[C@@H](C2)N3Cc2cccs2)cc1C. The van der Waals surface area contributed by atoms with Gasteiger partial charge >= 0.3 is 0 Å². The molecule has 2 aliphatic heterocycles. The number of fused-ring (bicyclic) bond motifs is 2. The molecule has 2 aliphatic rings. The number of anilines is 1. The number of hydrogen-bond donors (Lipinski definition) is 2. The number of benzene rings is 1. The number of nitrogens with zero attached hydrogens (tertiary/aromatic N) is 1. The van der Waals surface area contributed by atoms with Gasteiger partial charge in [-0.2, -0.15) is 0 Å². The number of rotatable bonds is 4. The quantitative estimate of drug-likeness (QED) is 0.688. The highest BCUT2D eigenvalue weighted by molar-refractivity contribution is 7.80. The lowest BCUT2D eigenvalue weighted by atomic mass is 9.81. The van der Waals surface area contributed by atoms with E-state index in [9.17, 15) is 0 Å². The second-order valence-electron chi connectivity index (χ2n) is 8.06. The molecule has 1 aromatic carbocycles. The summed E-state index contributed by atoms with van der Waals surface area (Å²) in [6.45, 7) is 5.39. The third-order valence-electron chi connectivity index (χ3n) is 6.14. The first-order valence-electron chi connectivity index (χ1n) is 10.0. The summed E-state index contributed by atoms with van der Waals surface area (Å²) in [4.78, 5) is 4.25. The molecule has 0 radical (unpaired) electrons. The van der Waals surface area contributed by atoms with Gasteiger partial charge in [-0.15, -0.1) is 11.3 Å². The highest BCUT2D eigenvalue weighted by atomic mass is 32.1. The van der Waals surface area contributed by atoms with Gasteiger partial charge in [-0.1, -0.05) is 18.6 Å². The summed E-state index contributed by atoms with van der Waals surface area (Å²) in [7, 11) is 0. The van der Waals surface area contributed by atoms with Gasteiger partial charge in [0.05, 0.1) is 0 Å². The molecular weight excluding hydrogens is 370 g/mol. The van der Waals surface area contributed by atoms with E-state index in [-0.39, 0.29) is 0 Å². The van der Waals surface area contributed by atoms with Crippen LogP contribution in [0, 0.1) is 13.8 Å². The van der Waals surface area contributed by atoms with Crippen molar-refractivity contribution in [1.82, 2.24) is 10.2 Å². The number of thiophene rings is 1. The topological polar surface area (TPSA) is 27.3 Å². The molecule has 2 aromatic rings. The van der Waals surface area contributed by atoms with Crippen molar-refractivity contribution in [1.29, 1.82) is 0 Å². The van der Waals surface area contributed by atoms with Gasteiger partial charge < -0.3 is 10.6 Å². The molecule has 4 rings (SSSR count). The van der Waals surface area contributed by atoms with Gasteiger partial charge in [-0.25, -0.2) is 0 Å². The van der Waals surface area contributed by atoms with Crippen molar-refractivity contribution < 1.29 is 0 Å². The fourth-order valence-electron chi connectivity index (χ4n) is 4.61. The van der Waals surface area contributed by atoms with E-state index in [0.717, 1.165) is 17.3 Å². The van der Waals surface area contributed by atoms with E-state index in [2.05, 4.69) is 65.1 Å². The molecular formula is C22H29N3S2. The molecule has 2 saturated heterocycles. The van der Waals surface area contributed by atoms with Crippen LogP contribution < -0.4 is 10.6 Å². The largest absolute Gasteiger partial charge is 0.360 e. The Balaban J connectivity index is 1.35. The minimum atomic E-state index is 0.478. The van der Waals surface area contributed by atoms with E-state index in [4.69, 9.17) is 12.2 Å². The predicted octanol–water partition coefficient (Wildman–Crippen LogP) is 5.24. The van der Waals surface area contributed by atoms with Crippen molar-refractivity contribution in [3.63, 3.8) is 0 Å². The molecule has 2 N–H and O–H groups in total. The third-order valence-corrected chi connectivity index (χ3v) is 7.23. The molecule has 5 heteroatoms. The molecule has 0 aliphatic carbocycles. The number of hydrogen-bond acceptors (Lipinski definition) is 3. The maximum absolute atomic E-state index is 5.61.